The highest BCUT2D eigenvalue weighted by Gasteiger charge is 2.13. The van der Waals surface area contributed by atoms with Gasteiger partial charge in [-0.2, -0.15) is 4.98 Å². The summed E-state index contributed by atoms with van der Waals surface area (Å²) < 4.78 is 40.6. The van der Waals surface area contributed by atoms with Crippen LogP contribution in [0.25, 0.3) is 0 Å². The summed E-state index contributed by atoms with van der Waals surface area (Å²) in [6, 6.07) is 3.36. The van der Waals surface area contributed by atoms with Gasteiger partial charge in [0.05, 0.1) is 6.20 Å². The van der Waals surface area contributed by atoms with Crippen molar-refractivity contribution in [1.29, 1.82) is 0 Å². The summed E-state index contributed by atoms with van der Waals surface area (Å²) in [5.41, 5.74) is -0.452. The lowest BCUT2D eigenvalue weighted by atomic mass is 10.3. The summed E-state index contributed by atoms with van der Waals surface area (Å²) in [6.07, 6.45) is 1.78. The molecule has 0 saturated carbocycles. The number of hydrogen-bond donors (Lipinski definition) is 2. The first-order valence-electron chi connectivity index (χ1n) is 6.09. The van der Waals surface area contributed by atoms with E-state index >= 15 is 0 Å². The summed E-state index contributed by atoms with van der Waals surface area (Å²) in [6.45, 7) is 2.56. The van der Waals surface area contributed by atoms with Crippen LogP contribution < -0.4 is 10.6 Å². The van der Waals surface area contributed by atoms with E-state index in [4.69, 9.17) is 0 Å². The molecular weight excluding hydrogens is 269 g/mol. The number of para-hydroxylation sites is 1. The van der Waals surface area contributed by atoms with Crippen molar-refractivity contribution in [2.24, 2.45) is 0 Å². The summed E-state index contributed by atoms with van der Waals surface area (Å²) in [5, 5.41) is 5.17. The fraction of sp³-hybridized carbons (Fsp3) is 0.231. The molecule has 4 nitrogen and oxygen atoms in total. The molecule has 0 saturated heterocycles. The molecule has 0 atom stereocenters. The minimum atomic E-state index is -0.828. The summed E-state index contributed by atoms with van der Waals surface area (Å²) in [7, 11) is 0. The predicted octanol–water partition coefficient (Wildman–Crippen LogP) is 3.46. The molecule has 1 heterocycles. The van der Waals surface area contributed by atoms with Gasteiger partial charge < -0.3 is 10.6 Å². The number of aromatic nitrogens is 2. The summed E-state index contributed by atoms with van der Waals surface area (Å²) in [4.78, 5) is 7.58. The van der Waals surface area contributed by atoms with Crippen LogP contribution in [-0.2, 0) is 0 Å². The van der Waals surface area contributed by atoms with Gasteiger partial charge in [-0.3, -0.25) is 0 Å². The Morgan fingerprint density at radius 3 is 2.45 bits per heavy atom. The Morgan fingerprint density at radius 1 is 1.10 bits per heavy atom. The van der Waals surface area contributed by atoms with Gasteiger partial charge in [0, 0.05) is 6.54 Å². The van der Waals surface area contributed by atoms with Crippen molar-refractivity contribution in [2.45, 2.75) is 13.3 Å². The van der Waals surface area contributed by atoms with E-state index in [1.165, 1.54) is 6.07 Å². The van der Waals surface area contributed by atoms with E-state index in [1.807, 2.05) is 6.92 Å². The van der Waals surface area contributed by atoms with E-state index in [9.17, 15) is 13.2 Å². The first-order chi connectivity index (χ1) is 9.61. The van der Waals surface area contributed by atoms with Crippen LogP contribution in [0.5, 0.6) is 0 Å². The maximum atomic E-state index is 13.6. The average molecular weight is 282 g/mol. The smallest absolute Gasteiger partial charge is 0.224 e. The first-order valence-corrected chi connectivity index (χ1v) is 6.09. The Bertz CT molecular complexity index is 584. The van der Waals surface area contributed by atoms with Gasteiger partial charge in [-0.05, 0) is 18.6 Å². The number of halogens is 3. The zero-order valence-corrected chi connectivity index (χ0v) is 10.8. The van der Waals surface area contributed by atoms with Crippen molar-refractivity contribution in [2.75, 3.05) is 17.2 Å². The van der Waals surface area contributed by atoms with E-state index in [2.05, 4.69) is 20.6 Å². The van der Waals surface area contributed by atoms with Crippen LogP contribution in [-0.4, -0.2) is 16.5 Å². The van der Waals surface area contributed by atoms with Crippen LogP contribution in [0.2, 0.25) is 0 Å². The molecule has 0 unspecified atom stereocenters. The van der Waals surface area contributed by atoms with Crippen LogP contribution >= 0.6 is 0 Å². The highest BCUT2D eigenvalue weighted by atomic mass is 19.1. The van der Waals surface area contributed by atoms with E-state index in [1.54, 1.807) is 0 Å². The van der Waals surface area contributed by atoms with Gasteiger partial charge in [0.2, 0.25) is 5.95 Å². The lowest BCUT2D eigenvalue weighted by molar-refractivity contribution is 0.588. The number of benzene rings is 1. The van der Waals surface area contributed by atoms with Crippen molar-refractivity contribution in [1.82, 2.24) is 9.97 Å². The van der Waals surface area contributed by atoms with Crippen molar-refractivity contribution >= 4 is 17.5 Å². The Balaban J connectivity index is 2.28. The molecule has 0 bridgehead atoms. The second-order valence-electron chi connectivity index (χ2n) is 4.04. The Morgan fingerprint density at radius 2 is 1.80 bits per heavy atom. The van der Waals surface area contributed by atoms with E-state index in [0.29, 0.717) is 6.54 Å². The van der Waals surface area contributed by atoms with Gasteiger partial charge in [0.25, 0.3) is 0 Å². The fourth-order valence-electron chi connectivity index (χ4n) is 1.51. The van der Waals surface area contributed by atoms with Gasteiger partial charge in [-0.25, -0.2) is 18.2 Å². The molecule has 0 radical (unpaired) electrons. The SMILES string of the molecule is CCCNc1ncc(F)c(Nc2c(F)cccc2F)n1. The largest absolute Gasteiger partial charge is 0.354 e. The molecule has 20 heavy (non-hydrogen) atoms. The molecular formula is C13H13F3N4. The van der Waals surface area contributed by atoms with Gasteiger partial charge in [0.15, 0.2) is 11.6 Å². The number of hydrogen-bond acceptors (Lipinski definition) is 4. The molecule has 0 aliphatic heterocycles. The van der Waals surface area contributed by atoms with E-state index in [-0.39, 0.29) is 11.8 Å². The third kappa shape index (κ3) is 3.17. The lowest BCUT2D eigenvalue weighted by Gasteiger charge is -2.10. The lowest BCUT2D eigenvalue weighted by Crippen LogP contribution is -2.08. The standard InChI is InChI=1S/C13H13F3N4/c1-2-6-17-13-18-7-10(16)12(20-13)19-11-8(14)4-3-5-9(11)15/h3-5,7H,2,6H2,1H3,(H2,17,18,19,20). The van der Waals surface area contributed by atoms with E-state index in [0.717, 1.165) is 24.8 Å². The third-order valence-corrected chi connectivity index (χ3v) is 2.48. The minimum absolute atomic E-state index is 0.187. The minimum Gasteiger partial charge on any atom is -0.354 e. The molecule has 7 heteroatoms. The molecule has 106 valence electrons. The normalized spacial score (nSPS) is 10.4. The number of rotatable bonds is 5. The van der Waals surface area contributed by atoms with Crippen molar-refractivity contribution < 1.29 is 13.2 Å². The fourth-order valence-corrected chi connectivity index (χ4v) is 1.51. The summed E-state index contributed by atoms with van der Waals surface area (Å²) in [5.74, 6) is -2.55. The van der Waals surface area contributed by atoms with Crippen LogP contribution in [0.15, 0.2) is 24.4 Å². The number of nitrogens with zero attached hydrogens (tertiary/aromatic N) is 2. The molecule has 0 amide bonds. The highest BCUT2D eigenvalue weighted by Crippen LogP contribution is 2.23. The molecule has 0 aliphatic carbocycles. The van der Waals surface area contributed by atoms with Crippen LogP contribution in [0, 0.1) is 17.5 Å². The molecule has 2 N–H and O–H groups in total. The van der Waals surface area contributed by atoms with Crippen molar-refractivity contribution in [3.8, 4) is 0 Å². The summed E-state index contributed by atoms with van der Waals surface area (Å²) >= 11 is 0. The van der Waals surface area contributed by atoms with Gasteiger partial charge in [0.1, 0.15) is 17.3 Å². The van der Waals surface area contributed by atoms with Crippen LogP contribution in [0.3, 0.4) is 0 Å². The Hall–Kier alpha value is -2.31. The highest BCUT2D eigenvalue weighted by molar-refractivity contribution is 5.58. The second kappa shape index (κ2) is 6.23. The van der Waals surface area contributed by atoms with Crippen molar-refractivity contribution in [3.05, 3.63) is 41.8 Å². The first kappa shape index (κ1) is 14.1. The molecule has 1 aromatic heterocycles. The zero-order chi connectivity index (χ0) is 14.5. The molecule has 1 aromatic carbocycles. The Kier molecular flexibility index (Phi) is 4.39. The van der Waals surface area contributed by atoms with Crippen LogP contribution in [0.4, 0.5) is 30.6 Å². The second-order valence-corrected chi connectivity index (χ2v) is 4.04. The monoisotopic (exact) mass is 282 g/mol. The van der Waals surface area contributed by atoms with Crippen molar-refractivity contribution in [3.63, 3.8) is 0 Å². The molecule has 0 spiro atoms. The average Bonchev–Trinajstić information content (AvgIpc) is 2.43. The predicted molar refractivity (Wildman–Crippen MR) is 70.4 cm³/mol. The molecule has 2 rings (SSSR count). The maximum absolute atomic E-state index is 13.6. The zero-order valence-electron chi connectivity index (χ0n) is 10.8. The van der Waals surface area contributed by atoms with Gasteiger partial charge >= 0.3 is 0 Å². The molecule has 0 fully saturated rings. The van der Waals surface area contributed by atoms with E-state index < -0.39 is 23.1 Å². The Labute approximate surface area is 114 Å². The third-order valence-electron chi connectivity index (χ3n) is 2.48. The number of anilines is 3. The topological polar surface area (TPSA) is 49.8 Å². The quantitative estimate of drug-likeness (QED) is 0.881. The molecule has 2 aromatic rings. The van der Waals surface area contributed by atoms with Gasteiger partial charge in [-0.1, -0.05) is 13.0 Å². The maximum Gasteiger partial charge on any atom is 0.224 e. The van der Waals surface area contributed by atoms with Crippen LogP contribution in [0.1, 0.15) is 13.3 Å². The molecule has 0 aliphatic rings. The van der Waals surface area contributed by atoms with Gasteiger partial charge in [-0.15, -0.1) is 0 Å². The number of nitrogens with one attached hydrogen (secondary N) is 2.